The topological polar surface area (TPSA) is 60.8 Å². The average molecular weight is 330 g/mol. The lowest BCUT2D eigenvalue weighted by Gasteiger charge is -2.30. The predicted octanol–water partition coefficient (Wildman–Crippen LogP) is 3.40. The highest BCUT2D eigenvalue weighted by atomic mass is 79.9. The quantitative estimate of drug-likeness (QED) is 0.804. The van der Waals surface area contributed by atoms with Gasteiger partial charge in [-0.05, 0) is 31.2 Å². The Morgan fingerprint density at radius 3 is 2.63 bits per heavy atom. The first-order valence-corrected chi connectivity index (χ1v) is 7.23. The Morgan fingerprint density at radius 1 is 1.42 bits per heavy atom. The number of halogens is 1. The fraction of sp³-hybridized carbons (Fsp3) is 0.500. The van der Waals surface area contributed by atoms with Gasteiger partial charge in [-0.2, -0.15) is 0 Å². The normalized spacial score (nSPS) is 12.6. The molecule has 1 rings (SSSR count). The Labute approximate surface area is 122 Å². The van der Waals surface area contributed by atoms with Crippen molar-refractivity contribution in [2.45, 2.75) is 32.7 Å². The summed E-state index contributed by atoms with van der Waals surface area (Å²) in [7, 11) is 0. The van der Waals surface area contributed by atoms with Crippen molar-refractivity contribution in [2.24, 2.45) is 0 Å². The van der Waals surface area contributed by atoms with Gasteiger partial charge in [0.25, 0.3) is 0 Å². The summed E-state index contributed by atoms with van der Waals surface area (Å²) >= 11 is 3.40. The van der Waals surface area contributed by atoms with Gasteiger partial charge in [-0.1, -0.05) is 29.8 Å². The molecule has 1 aromatic rings. The predicted molar refractivity (Wildman–Crippen MR) is 78.3 cm³/mol. The largest absolute Gasteiger partial charge is 0.508 e. The van der Waals surface area contributed by atoms with Gasteiger partial charge < -0.3 is 10.2 Å². The van der Waals surface area contributed by atoms with E-state index in [4.69, 9.17) is 5.11 Å². The monoisotopic (exact) mass is 329 g/mol. The molecule has 0 bridgehead atoms. The van der Waals surface area contributed by atoms with Crippen LogP contribution in [0.2, 0.25) is 0 Å². The summed E-state index contributed by atoms with van der Waals surface area (Å²) < 4.78 is 0.910. The first-order chi connectivity index (χ1) is 8.99. The maximum absolute atomic E-state index is 10.7. The zero-order valence-corrected chi connectivity index (χ0v) is 12.9. The molecule has 1 unspecified atom stereocenters. The molecule has 0 aliphatic rings. The molecule has 0 aromatic heterocycles. The molecule has 0 aliphatic heterocycles. The second kappa shape index (κ2) is 7.50. The van der Waals surface area contributed by atoms with Crippen molar-refractivity contribution >= 4 is 21.9 Å². The minimum Gasteiger partial charge on any atom is -0.508 e. The number of carboxylic acid groups (broad SMARTS) is 1. The standard InChI is InChI=1S/C14H20BrNO3/c1-3-12(16(4-2)8-7-14(18)19)11-9-10(15)5-6-13(11)17/h5-6,9,12,17H,3-4,7-8H2,1-2H3,(H,18,19). The highest BCUT2D eigenvalue weighted by Gasteiger charge is 2.21. The van der Waals surface area contributed by atoms with E-state index in [9.17, 15) is 9.90 Å². The second-order valence-electron chi connectivity index (χ2n) is 4.40. The summed E-state index contributed by atoms with van der Waals surface area (Å²) in [6, 6.07) is 5.38. The number of aromatic hydroxyl groups is 1. The van der Waals surface area contributed by atoms with Gasteiger partial charge >= 0.3 is 5.97 Å². The number of hydrogen-bond donors (Lipinski definition) is 2. The first kappa shape index (κ1) is 16.0. The number of carbonyl (C=O) groups is 1. The van der Waals surface area contributed by atoms with Crippen molar-refractivity contribution in [3.8, 4) is 5.75 Å². The average Bonchev–Trinajstić information content (AvgIpc) is 2.37. The molecule has 0 aliphatic carbocycles. The lowest BCUT2D eigenvalue weighted by atomic mass is 10.0. The maximum atomic E-state index is 10.7. The Hall–Kier alpha value is -1.07. The number of carboxylic acids is 1. The number of phenolic OH excluding ortho intramolecular Hbond substituents is 1. The number of rotatable bonds is 7. The summed E-state index contributed by atoms with van der Waals surface area (Å²) in [4.78, 5) is 12.8. The Balaban J connectivity index is 2.96. The molecule has 0 amide bonds. The lowest BCUT2D eigenvalue weighted by Crippen LogP contribution is -2.30. The molecule has 4 nitrogen and oxygen atoms in total. The molecule has 0 fully saturated rings. The molecule has 1 aromatic carbocycles. The van der Waals surface area contributed by atoms with E-state index in [2.05, 4.69) is 20.8 Å². The van der Waals surface area contributed by atoms with Crippen molar-refractivity contribution in [3.63, 3.8) is 0 Å². The van der Waals surface area contributed by atoms with Gasteiger partial charge in [0.2, 0.25) is 0 Å². The third-order valence-corrected chi connectivity index (χ3v) is 3.69. The van der Waals surface area contributed by atoms with Crippen LogP contribution >= 0.6 is 15.9 Å². The minimum absolute atomic E-state index is 0.0295. The molecule has 2 N–H and O–H groups in total. The van der Waals surface area contributed by atoms with Gasteiger partial charge in [0, 0.05) is 22.6 Å². The smallest absolute Gasteiger partial charge is 0.304 e. The van der Waals surface area contributed by atoms with Crippen LogP contribution in [0.4, 0.5) is 0 Å². The fourth-order valence-electron chi connectivity index (χ4n) is 2.24. The summed E-state index contributed by atoms with van der Waals surface area (Å²) in [6.45, 7) is 5.27. The highest BCUT2D eigenvalue weighted by molar-refractivity contribution is 9.10. The van der Waals surface area contributed by atoms with Crippen LogP contribution < -0.4 is 0 Å². The molecule has 0 saturated carbocycles. The van der Waals surface area contributed by atoms with E-state index in [1.54, 1.807) is 12.1 Å². The zero-order chi connectivity index (χ0) is 14.4. The summed E-state index contributed by atoms with van der Waals surface area (Å²) in [5.74, 6) is -0.546. The molecule has 0 radical (unpaired) electrons. The van der Waals surface area contributed by atoms with E-state index < -0.39 is 5.97 Å². The Kier molecular flexibility index (Phi) is 6.31. The lowest BCUT2D eigenvalue weighted by molar-refractivity contribution is -0.137. The summed E-state index contributed by atoms with van der Waals surface area (Å²) in [6.07, 6.45) is 0.927. The number of benzene rings is 1. The third-order valence-electron chi connectivity index (χ3n) is 3.20. The van der Waals surface area contributed by atoms with Gasteiger partial charge in [-0.3, -0.25) is 9.69 Å². The van der Waals surface area contributed by atoms with Crippen LogP contribution in [-0.4, -0.2) is 34.2 Å². The molecule has 5 heteroatoms. The van der Waals surface area contributed by atoms with Crippen LogP contribution in [0.3, 0.4) is 0 Å². The van der Waals surface area contributed by atoms with E-state index in [-0.39, 0.29) is 18.2 Å². The summed E-state index contributed by atoms with van der Waals surface area (Å²) in [5, 5.41) is 18.8. The van der Waals surface area contributed by atoms with Crippen LogP contribution in [0.25, 0.3) is 0 Å². The van der Waals surface area contributed by atoms with Crippen molar-refractivity contribution in [1.29, 1.82) is 0 Å². The molecular weight excluding hydrogens is 310 g/mol. The van der Waals surface area contributed by atoms with Gasteiger partial charge in [-0.15, -0.1) is 0 Å². The van der Waals surface area contributed by atoms with E-state index in [1.165, 1.54) is 0 Å². The van der Waals surface area contributed by atoms with E-state index in [0.717, 1.165) is 23.0 Å². The molecule has 1 atom stereocenters. The number of nitrogens with zero attached hydrogens (tertiary/aromatic N) is 1. The molecule has 106 valence electrons. The van der Waals surface area contributed by atoms with Gasteiger partial charge in [-0.25, -0.2) is 0 Å². The van der Waals surface area contributed by atoms with E-state index in [1.807, 2.05) is 19.9 Å². The molecule has 19 heavy (non-hydrogen) atoms. The van der Waals surface area contributed by atoms with Crippen LogP contribution in [-0.2, 0) is 4.79 Å². The molecule has 0 spiro atoms. The van der Waals surface area contributed by atoms with Gasteiger partial charge in [0.05, 0.1) is 6.42 Å². The van der Waals surface area contributed by atoms with Crippen molar-refractivity contribution in [1.82, 2.24) is 4.90 Å². The Morgan fingerprint density at radius 2 is 2.11 bits per heavy atom. The van der Waals surface area contributed by atoms with Crippen molar-refractivity contribution in [3.05, 3.63) is 28.2 Å². The number of phenols is 1. The number of aliphatic carboxylic acids is 1. The van der Waals surface area contributed by atoms with Crippen LogP contribution in [0.1, 0.15) is 38.3 Å². The second-order valence-corrected chi connectivity index (χ2v) is 5.32. The van der Waals surface area contributed by atoms with Crippen LogP contribution in [0, 0.1) is 0 Å². The minimum atomic E-state index is -0.799. The molecule has 0 heterocycles. The van der Waals surface area contributed by atoms with Crippen molar-refractivity contribution < 1.29 is 15.0 Å². The highest BCUT2D eigenvalue weighted by Crippen LogP contribution is 2.33. The van der Waals surface area contributed by atoms with Gasteiger partial charge in [0.1, 0.15) is 5.75 Å². The Bertz CT molecular complexity index is 437. The third kappa shape index (κ3) is 4.51. The van der Waals surface area contributed by atoms with Crippen LogP contribution in [0.5, 0.6) is 5.75 Å². The summed E-state index contributed by atoms with van der Waals surface area (Å²) in [5.41, 5.74) is 0.837. The number of hydrogen-bond acceptors (Lipinski definition) is 3. The van der Waals surface area contributed by atoms with E-state index >= 15 is 0 Å². The SMILES string of the molecule is CCC(c1cc(Br)ccc1O)N(CC)CCC(=O)O. The van der Waals surface area contributed by atoms with Crippen molar-refractivity contribution in [2.75, 3.05) is 13.1 Å². The maximum Gasteiger partial charge on any atom is 0.304 e. The van der Waals surface area contributed by atoms with E-state index in [0.29, 0.717) is 6.54 Å². The van der Waals surface area contributed by atoms with Gasteiger partial charge in [0.15, 0.2) is 0 Å². The first-order valence-electron chi connectivity index (χ1n) is 6.43. The molecular formula is C14H20BrNO3. The molecule has 0 saturated heterocycles. The van der Waals surface area contributed by atoms with Crippen LogP contribution in [0.15, 0.2) is 22.7 Å². The zero-order valence-electron chi connectivity index (χ0n) is 11.3. The fourth-order valence-corrected chi connectivity index (χ4v) is 2.62.